The lowest BCUT2D eigenvalue weighted by molar-refractivity contribution is -0.109. The molecule has 0 saturated heterocycles. The minimum absolute atomic E-state index is 0.0275. The Morgan fingerprint density at radius 3 is 2.65 bits per heavy atom. The summed E-state index contributed by atoms with van der Waals surface area (Å²) in [5, 5.41) is 6.30. The van der Waals surface area contributed by atoms with Crippen molar-refractivity contribution < 1.29 is 17.8 Å². The third kappa shape index (κ3) is 2.52. The number of carbonyl (C=O) groups is 1. The highest BCUT2D eigenvalue weighted by atomic mass is 32.2. The molecule has 0 amide bonds. The summed E-state index contributed by atoms with van der Waals surface area (Å²) in [5.41, 5.74) is 2.05. The fourth-order valence-electron chi connectivity index (χ4n) is 2.03. The van der Waals surface area contributed by atoms with E-state index < -0.39 is 20.8 Å². The maximum Gasteiger partial charge on any atom is 0.298 e. The Morgan fingerprint density at radius 1 is 1.40 bits per heavy atom. The second-order valence-corrected chi connectivity index (χ2v) is 5.66. The second-order valence-electron chi connectivity index (χ2n) is 4.27. The smallest absolute Gasteiger partial charge is 0.298 e. The van der Waals surface area contributed by atoms with Gasteiger partial charge in [-0.05, 0) is 23.6 Å². The van der Waals surface area contributed by atoms with Gasteiger partial charge in [0, 0.05) is 5.56 Å². The Balaban J connectivity index is 2.74. The van der Waals surface area contributed by atoms with Crippen molar-refractivity contribution in [1.29, 1.82) is 0 Å². The van der Waals surface area contributed by atoms with Crippen molar-refractivity contribution in [3.63, 3.8) is 0 Å². The van der Waals surface area contributed by atoms with Crippen LogP contribution in [0.2, 0.25) is 0 Å². The van der Waals surface area contributed by atoms with E-state index in [-0.39, 0.29) is 5.71 Å². The molecule has 1 aromatic carbocycles. The molecule has 0 unspecified atom stereocenters. The quantitative estimate of drug-likeness (QED) is 0.461. The number of nitrogens with zero attached hydrogens (tertiary/aromatic N) is 1. The molecule has 0 saturated carbocycles. The molecular formula is C12H13BN2O4S. The van der Waals surface area contributed by atoms with Crippen LogP contribution in [0.4, 0.5) is 0 Å². The molecule has 20 heavy (non-hydrogen) atoms. The highest BCUT2D eigenvalue weighted by Crippen LogP contribution is 2.26. The molecule has 1 aliphatic carbocycles. The molecule has 104 valence electrons. The molecule has 0 heterocycles. The summed E-state index contributed by atoms with van der Waals surface area (Å²) >= 11 is 0. The van der Waals surface area contributed by atoms with Gasteiger partial charge in [-0.25, -0.2) is 0 Å². The number of fused-ring (bicyclic) bond motifs is 1. The van der Waals surface area contributed by atoms with Gasteiger partial charge in [0.15, 0.2) is 0 Å². The fraction of sp³-hybridized carbons (Fsp3) is 0.167. The Bertz CT molecular complexity index is 738. The predicted octanol–water partition coefficient (Wildman–Crippen LogP) is -0.0978. The minimum Gasteiger partial charge on any atom is -0.361 e. The number of allylic oxidation sites excluding steroid dienone is 1. The number of hydrogen-bond acceptors (Lipinski definition) is 5. The number of benzene rings is 1. The van der Waals surface area contributed by atoms with E-state index >= 15 is 0 Å². The maximum absolute atomic E-state index is 12.1. The van der Waals surface area contributed by atoms with Gasteiger partial charge in [-0.3, -0.25) is 9.35 Å². The molecule has 0 atom stereocenters. The molecule has 0 aromatic heterocycles. The normalized spacial score (nSPS) is 16.8. The average Bonchev–Trinajstić information content (AvgIpc) is 2.39. The van der Waals surface area contributed by atoms with Gasteiger partial charge in [0.1, 0.15) is 10.6 Å². The number of carbonyl (C=O) groups excluding carboxylic acids is 1. The van der Waals surface area contributed by atoms with Gasteiger partial charge >= 0.3 is 0 Å². The van der Waals surface area contributed by atoms with Crippen molar-refractivity contribution in [2.24, 2.45) is 5.10 Å². The summed E-state index contributed by atoms with van der Waals surface area (Å²) in [7, 11) is -3.08. The van der Waals surface area contributed by atoms with Gasteiger partial charge in [0.2, 0.25) is 13.8 Å². The first-order valence-corrected chi connectivity index (χ1v) is 7.44. The molecule has 6 nitrogen and oxygen atoms in total. The zero-order valence-corrected chi connectivity index (χ0v) is 11.9. The van der Waals surface area contributed by atoms with Crippen LogP contribution in [0.3, 0.4) is 0 Å². The van der Waals surface area contributed by atoms with E-state index in [1.807, 2.05) is 13.0 Å². The molecule has 0 radical (unpaired) electrons. The van der Waals surface area contributed by atoms with Crippen LogP contribution in [-0.4, -0.2) is 32.4 Å². The van der Waals surface area contributed by atoms with Crippen molar-refractivity contribution in [3.8, 4) is 0 Å². The van der Waals surface area contributed by atoms with Crippen molar-refractivity contribution >= 4 is 35.7 Å². The van der Waals surface area contributed by atoms with Crippen LogP contribution in [-0.2, 0) is 21.3 Å². The van der Waals surface area contributed by atoms with Crippen LogP contribution in [0.1, 0.15) is 23.6 Å². The summed E-state index contributed by atoms with van der Waals surface area (Å²) in [6.07, 6.45) is 1.95. The first-order valence-electron chi connectivity index (χ1n) is 6.00. The Labute approximate surface area is 117 Å². The highest BCUT2D eigenvalue weighted by molar-refractivity contribution is 7.91. The lowest BCUT2D eigenvalue weighted by Crippen LogP contribution is -2.28. The zero-order chi connectivity index (χ0) is 14.9. The van der Waals surface area contributed by atoms with Crippen molar-refractivity contribution in [2.75, 3.05) is 0 Å². The predicted molar refractivity (Wildman–Crippen MR) is 78.6 cm³/mol. The number of nitrogens with one attached hydrogen (secondary N) is 1. The molecule has 2 rings (SSSR count). The molecule has 0 bridgehead atoms. The van der Waals surface area contributed by atoms with Crippen LogP contribution >= 0.6 is 0 Å². The maximum atomic E-state index is 12.1. The van der Waals surface area contributed by atoms with Crippen LogP contribution in [0.15, 0.2) is 28.2 Å². The van der Waals surface area contributed by atoms with Gasteiger partial charge in [-0.1, -0.05) is 25.1 Å². The van der Waals surface area contributed by atoms with Gasteiger partial charge in [0.25, 0.3) is 10.1 Å². The average molecular weight is 292 g/mol. The van der Waals surface area contributed by atoms with Gasteiger partial charge in [-0.2, -0.15) is 13.5 Å². The third-order valence-corrected chi connectivity index (χ3v) is 3.87. The third-order valence-electron chi connectivity index (χ3n) is 3.01. The number of hydrazone groups is 1. The topological polar surface area (TPSA) is 95.8 Å². The summed E-state index contributed by atoms with van der Waals surface area (Å²) in [5.74, 6) is -0.821. The van der Waals surface area contributed by atoms with Crippen molar-refractivity contribution in [1.82, 2.24) is 5.34 Å². The largest absolute Gasteiger partial charge is 0.361 e. The first-order chi connectivity index (χ1) is 9.38. The molecule has 8 heteroatoms. The Hall–Kier alpha value is -1.93. The van der Waals surface area contributed by atoms with Gasteiger partial charge in [0.05, 0.1) is 0 Å². The van der Waals surface area contributed by atoms with Crippen LogP contribution < -0.4 is 5.34 Å². The lowest BCUT2D eigenvalue weighted by atomic mass is 9.92. The first kappa shape index (κ1) is 14.5. The lowest BCUT2D eigenvalue weighted by Gasteiger charge is -2.16. The van der Waals surface area contributed by atoms with Crippen molar-refractivity contribution in [3.05, 3.63) is 39.8 Å². The number of aryl methyl sites for hydroxylation is 1. The Morgan fingerprint density at radius 2 is 2.10 bits per heavy atom. The monoisotopic (exact) mass is 292 g/mol. The van der Waals surface area contributed by atoms with Crippen LogP contribution in [0, 0.1) is 0 Å². The Kier molecular flexibility index (Phi) is 3.78. The van der Waals surface area contributed by atoms with E-state index in [0.717, 1.165) is 12.0 Å². The second kappa shape index (κ2) is 5.22. The summed E-state index contributed by atoms with van der Waals surface area (Å²) < 4.78 is 31.8. The van der Waals surface area contributed by atoms with E-state index in [1.165, 1.54) is 14.1 Å². The zero-order valence-electron chi connectivity index (χ0n) is 11.0. The molecular weight excluding hydrogens is 279 g/mol. The fourth-order valence-corrected chi connectivity index (χ4v) is 2.63. The van der Waals surface area contributed by atoms with Crippen LogP contribution in [0.5, 0.6) is 0 Å². The van der Waals surface area contributed by atoms with E-state index in [4.69, 9.17) is 4.55 Å². The molecule has 0 aliphatic heterocycles. The number of Topliss-reactive ketones (excluding diaryl/α,β-unsaturated/α-hetero) is 1. The van der Waals surface area contributed by atoms with Crippen molar-refractivity contribution in [2.45, 2.75) is 13.3 Å². The van der Waals surface area contributed by atoms with E-state index in [2.05, 4.69) is 10.4 Å². The molecule has 1 aromatic rings. The summed E-state index contributed by atoms with van der Waals surface area (Å²) in [6.45, 7) is 1.96. The molecule has 1 aliphatic rings. The van der Waals surface area contributed by atoms with Gasteiger partial charge in [-0.15, -0.1) is 0 Å². The molecule has 2 N–H and O–H groups in total. The molecule has 0 fully saturated rings. The SMILES string of the molecule is BN/N=C1\C(=O)C(S(=O)(=O)O)=Cc2cc(CC)ccc21. The standard InChI is InChI=1S/C12H13BN2O4S/c1-2-7-3-4-9-8(5-7)6-10(20(17,18)19)12(16)11(9)14-15-13/h3-6,15H,2,13H2,1H3,(H,17,18,19)/b14-11-. The summed E-state index contributed by atoms with van der Waals surface area (Å²) in [6, 6.07) is 5.35. The number of hydrogen-bond donors (Lipinski definition) is 2. The van der Waals surface area contributed by atoms with Crippen LogP contribution in [0.25, 0.3) is 6.08 Å². The number of ketones is 1. The van der Waals surface area contributed by atoms with E-state index in [0.29, 0.717) is 11.1 Å². The minimum atomic E-state index is -4.59. The molecule has 0 spiro atoms. The van der Waals surface area contributed by atoms with E-state index in [1.54, 1.807) is 12.1 Å². The number of rotatable bonds is 3. The highest BCUT2D eigenvalue weighted by Gasteiger charge is 2.32. The summed E-state index contributed by atoms with van der Waals surface area (Å²) in [4.78, 5) is 11.4. The van der Waals surface area contributed by atoms with Gasteiger partial charge < -0.3 is 5.34 Å². The van der Waals surface area contributed by atoms with E-state index in [9.17, 15) is 13.2 Å².